The van der Waals surface area contributed by atoms with Gasteiger partial charge in [-0.05, 0) is 36.8 Å². The van der Waals surface area contributed by atoms with Gasteiger partial charge < -0.3 is 5.32 Å². The molecule has 0 bridgehead atoms. The standard InChI is InChI=1S/C19H23N3O2S/c1-15(21-22-19(24)14-17-10-6-12-25-17)13-18(23)20-11-5-9-16-7-3-2-4-8-16/h2-4,6-8,10,12H,5,9,11,13-14H2,1H3,(H,20,23)(H,22,24). The average Bonchev–Trinajstić information content (AvgIpc) is 3.11. The van der Waals surface area contributed by atoms with Gasteiger partial charge in [0.1, 0.15) is 0 Å². The van der Waals surface area contributed by atoms with Crippen LogP contribution < -0.4 is 10.7 Å². The van der Waals surface area contributed by atoms with Crippen molar-refractivity contribution in [2.45, 2.75) is 32.6 Å². The van der Waals surface area contributed by atoms with Crippen LogP contribution in [0.3, 0.4) is 0 Å². The Balaban J connectivity index is 1.61. The van der Waals surface area contributed by atoms with E-state index in [1.165, 1.54) is 16.9 Å². The Labute approximate surface area is 152 Å². The summed E-state index contributed by atoms with van der Waals surface area (Å²) < 4.78 is 0. The van der Waals surface area contributed by atoms with Gasteiger partial charge in [-0.3, -0.25) is 9.59 Å². The van der Waals surface area contributed by atoms with Crippen LogP contribution in [-0.2, 0) is 22.4 Å². The van der Waals surface area contributed by atoms with Crippen molar-refractivity contribution in [2.75, 3.05) is 6.54 Å². The highest BCUT2D eigenvalue weighted by Gasteiger charge is 2.06. The number of thiophene rings is 1. The molecule has 0 aliphatic carbocycles. The molecule has 1 aromatic heterocycles. The van der Waals surface area contributed by atoms with E-state index in [1.54, 1.807) is 6.92 Å². The number of hydrogen-bond donors (Lipinski definition) is 2. The molecule has 132 valence electrons. The molecule has 0 aliphatic rings. The van der Waals surface area contributed by atoms with Crippen molar-refractivity contribution in [3.63, 3.8) is 0 Å². The topological polar surface area (TPSA) is 70.6 Å². The third-order valence-electron chi connectivity index (χ3n) is 3.51. The lowest BCUT2D eigenvalue weighted by atomic mass is 10.1. The number of nitrogens with one attached hydrogen (secondary N) is 2. The predicted molar refractivity (Wildman–Crippen MR) is 102 cm³/mol. The molecule has 2 rings (SSSR count). The van der Waals surface area contributed by atoms with Crippen LogP contribution >= 0.6 is 11.3 Å². The zero-order valence-electron chi connectivity index (χ0n) is 14.3. The number of hydrazone groups is 1. The van der Waals surface area contributed by atoms with Gasteiger partial charge in [-0.25, -0.2) is 5.43 Å². The Bertz CT molecular complexity index is 697. The van der Waals surface area contributed by atoms with E-state index in [0.29, 0.717) is 18.7 Å². The van der Waals surface area contributed by atoms with Crippen molar-refractivity contribution in [3.8, 4) is 0 Å². The highest BCUT2D eigenvalue weighted by atomic mass is 32.1. The summed E-state index contributed by atoms with van der Waals surface area (Å²) in [5, 5.41) is 8.79. The van der Waals surface area contributed by atoms with Gasteiger partial charge in [0.15, 0.2) is 0 Å². The van der Waals surface area contributed by atoms with Crippen LogP contribution in [0.2, 0.25) is 0 Å². The normalized spacial score (nSPS) is 11.2. The van der Waals surface area contributed by atoms with Crippen LogP contribution in [0.4, 0.5) is 0 Å². The van der Waals surface area contributed by atoms with Crippen molar-refractivity contribution in [1.82, 2.24) is 10.7 Å². The zero-order chi connectivity index (χ0) is 17.9. The number of rotatable bonds is 9. The molecule has 2 N–H and O–H groups in total. The molecule has 5 nitrogen and oxygen atoms in total. The molecule has 1 heterocycles. The zero-order valence-corrected chi connectivity index (χ0v) is 15.1. The second kappa shape index (κ2) is 10.4. The van der Waals surface area contributed by atoms with E-state index in [2.05, 4.69) is 28.0 Å². The van der Waals surface area contributed by atoms with Crippen molar-refractivity contribution in [2.24, 2.45) is 5.10 Å². The van der Waals surface area contributed by atoms with Gasteiger partial charge in [0, 0.05) is 17.1 Å². The Morgan fingerprint density at radius 2 is 1.88 bits per heavy atom. The van der Waals surface area contributed by atoms with E-state index in [-0.39, 0.29) is 18.2 Å². The van der Waals surface area contributed by atoms with Crippen LogP contribution in [0.5, 0.6) is 0 Å². The Hall–Kier alpha value is -2.47. The molecule has 2 aromatic rings. The largest absolute Gasteiger partial charge is 0.356 e. The fourth-order valence-electron chi connectivity index (χ4n) is 2.27. The first kappa shape index (κ1) is 18.9. The molecular formula is C19H23N3O2S. The van der Waals surface area contributed by atoms with E-state index in [4.69, 9.17) is 0 Å². The summed E-state index contributed by atoms with van der Waals surface area (Å²) in [6.07, 6.45) is 2.32. The smallest absolute Gasteiger partial charge is 0.245 e. The second-order valence-corrected chi connectivity index (χ2v) is 6.79. The van der Waals surface area contributed by atoms with Crippen molar-refractivity contribution in [1.29, 1.82) is 0 Å². The fourth-order valence-corrected chi connectivity index (χ4v) is 2.97. The van der Waals surface area contributed by atoms with Crippen LogP contribution in [0.25, 0.3) is 0 Å². The lowest BCUT2D eigenvalue weighted by molar-refractivity contribution is -0.121. The van der Waals surface area contributed by atoms with E-state index in [0.717, 1.165) is 17.7 Å². The number of hydrogen-bond acceptors (Lipinski definition) is 4. The highest BCUT2D eigenvalue weighted by Crippen LogP contribution is 2.08. The first-order valence-electron chi connectivity index (χ1n) is 8.28. The van der Waals surface area contributed by atoms with Gasteiger partial charge >= 0.3 is 0 Å². The monoisotopic (exact) mass is 357 g/mol. The SMILES string of the molecule is CC(CC(=O)NCCCc1ccccc1)=NNC(=O)Cc1cccs1. The number of benzene rings is 1. The predicted octanol–water partition coefficient (Wildman–Crippen LogP) is 2.92. The summed E-state index contributed by atoms with van der Waals surface area (Å²) in [7, 11) is 0. The maximum Gasteiger partial charge on any atom is 0.245 e. The molecule has 0 aliphatic heterocycles. The number of amides is 2. The molecule has 0 unspecified atom stereocenters. The molecule has 6 heteroatoms. The first-order valence-corrected chi connectivity index (χ1v) is 9.16. The Morgan fingerprint density at radius 3 is 2.60 bits per heavy atom. The number of nitrogens with zero attached hydrogens (tertiary/aromatic N) is 1. The lowest BCUT2D eigenvalue weighted by Crippen LogP contribution is -2.27. The minimum atomic E-state index is -0.176. The quantitative estimate of drug-likeness (QED) is 0.411. The first-order chi connectivity index (χ1) is 12.1. The summed E-state index contributed by atoms with van der Waals surface area (Å²) in [6.45, 7) is 2.36. The highest BCUT2D eigenvalue weighted by molar-refractivity contribution is 7.10. The molecule has 0 saturated heterocycles. The summed E-state index contributed by atoms with van der Waals surface area (Å²) in [5.41, 5.74) is 4.34. The molecule has 0 saturated carbocycles. The second-order valence-electron chi connectivity index (χ2n) is 5.75. The van der Waals surface area contributed by atoms with E-state index in [9.17, 15) is 9.59 Å². The molecule has 0 spiro atoms. The van der Waals surface area contributed by atoms with Gasteiger partial charge in [0.2, 0.25) is 11.8 Å². The van der Waals surface area contributed by atoms with Crippen molar-refractivity contribution in [3.05, 3.63) is 58.3 Å². The summed E-state index contributed by atoms with van der Waals surface area (Å²) >= 11 is 1.53. The molecule has 1 aromatic carbocycles. The Kier molecular flexibility index (Phi) is 7.85. The van der Waals surface area contributed by atoms with Gasteiger partial charge in [0.25, 0.3) is 0 Å². The molecule has 2 amide bonds. The third-order valence-corrected chi connectivity index (χ3v) is 4.39. The van der Waals surface area contributed by atoms with Crippen LogP contribution in [-0.4, -0.2) is 24.1 Å². The van der Waals surface area contributed by atoms with Crippen LogP contribution in [0.1, 0.15) is 30.2 Å². The molecule has 0 fully saturated rings. The lowest BCUT2D eigenvalue weighted by Gasteiger charge is -2.06. The summed E-state index contributed by atoms with van der Waals surface area (Å²) in [4.78, 5) is 24.6. The van der Waals surface area contributed by atoms with E-state index < -0.39 is 0 Å². The minimum Gasteiger partial charge on any atom is -0.356 e. The van der Waals surface area contributed by atoms with Crippen LogP contribution in [0.15, 0.2) is 52.9 Å². The minimum absolute atomic E-state index is 0.0817. The van der Waals surface area contributed by atoms with Crippen LogP contribution in [0, 0.1) is 0 Å². The van der Waals surface area contributed by atoms with E-state index in [1.807, 2.05) is 35.7 Å². The van der Waals surface area contributed by atoms with Crippen molar-refractivity contribution < 1.29 is 9.59 Å². The number of aryl methyl sites for hydroxylation is 1. The van der Waals surface area contributed by atoms with Gasteiger partial charge in [0.05, 0.1) is 12.8 Å². The average molecular weight is 357 g/mol. The number of carbonyl (C=O) groups excluding carboxylic acids is 2. The van der Waals surface area contributed by atoms with Gasteiger partial charge in [-0.15, -0.1) is 11.3 Å². The maximum absolute atomic E-state index is 11.9. The van der Waals surface area contributed by atoms with Gasteiger partial charge in [-0.2, -0.15) is 5.10 Å². The fraction of sp³-hybridized carbons (Fsp3) is 0.316. The molecule has 0 atom stereocenters. The third kappa shape index (κ3) is 7.76. The number of carbonyl (C=O) groups is 2. The molecular weight excluding hydrogens is 334 g/mol. The van der Waals surface area contributed by atoms with Crippen molar-refractivity contribution >= 4 is 28.9 Å². The van der Waals surface area contributed by atoms with Gasteiger partial charge in [-0.1, -0.05) is 36.4 Å². The Morgan fingerprint density at radius 1 is 1.08 bits per heavy atom. The van der Waals surface area contributed by atoms with E-state index >= 15 is 0 Å². The molecule has 25 heavy (non-hydrogen) atoms. The molecule has 0 radical (unpaired) electrons. The summed E-state index contributed by atoms with van der Waals surface area (Å²) in [6, 6.07) is 14.0. The summed E-state index contributed by atoms with van der Waals surface area (Å²) in [5.74, 6) is -0.258. The maximum atomic E-state index is 11.9.